The summed E-state index contributed by atoms with van der Waals surface area (Å²) in [5.41, 5.74) is 14.6. The van der Waals surface area contributed by atoms with Crippen LogP contribution in [0.1, 0.15) is 12.0 Å². The Labute approximate surface area is 172 Å². The molecule has 0 unspecified atom stereocenters. The zero-order chi connectivity index (χ0) is 23.0. The van der Waals surface area contributed by atoms with Gasteiger partial charge in [0.05, 0.1) is 18.7 Å². The highest BCUT2D eigenvalue weighted by Crippen LogP contribution is 2.09. The van der Waals surface area contributed by atoms with Crippen LogP contribution in [0, 0.1) is 0 Å². The zero-order valence-corrected chi connectivity index (χ0v) is 18.0. The number of sulfonamides is 1. The number of rotatable bonds is 9. The highest BCUT2D eigenvalue weighted by atomic mass is 32.2. The molecule has 0 aliphatic heterocycles. The number of benzene rings is 1. The van der Waals surface area contributed by atoms with Crippen molar-refractivity contribution in [3.05, 3.63) is 35.9 Å². The average molecular weight is 433 g/mol. The van der Waals surface area contributed by atoms with Crippen molar-refractivity contribution in [1.82, 2.24) is 14.9 Å². The van der Waals surface area contributed by atoms with Crippen LogP contribution in [-0.4, -0.2) is 71.2 Å². The largest absolute Gasteiger partial charge is 0.370 e. The lowest BCUT2D eigenvalue weighted by molar-refractivity contribution is -0.130. The Morgan fingerprint density at radius 1 is 1.07 bits per heavy atom. The molecule has 12 heteroatoms. The van der Waals surface area contributed by atoms with Gasteiger partial charge < -0.3 is 27.8 Å². The Bertz CT molecular complexity index is 727. The van der Waals surface area contributed by atoms with Crippen molar-refractivity contribution in [3.63, 3.8) is 0 Å². The third kappa shape index (κ3) is 11.8. The Morgan fingerprint density at radius 3 is 2.03 bits per heavy atom. The van der Waals surface area contributed by atoms with E-state index in [-0.39, 0.29) is 12.2 Å². The van der Waals surface area contributed by atoms with Crippen molar-refractivity contribution in [2.24, 2.45) is 17.2 Å². The van der Waals surface area contributed by atoms with Crippen LogP contribution < -0.4 is 27.8 Å². The molecule has 166 valence electrons. The first kappa shape index (κ1) is 28.7. The van der Waals surface area contributed by atoms with Crippen LogP contribution in [0.4, 0.5) is 0 Å². The number of nitrogens with zero attached hydrogens (tertiary/aromatic N) is 1. The molecule has 1 atom stereocenters. The molecule has 29 heavy (non-hydrogen) atoms. The van der Waals surface area contributed by atoms with Gasteiger partial charge in [0, 0.05) is 14.1 Å². The predicted octanol–water partition coefficient (Wildman–Crippen LogP) is -2.30. The highest BCUT2D eigenvalue weighted by molar-refractivity contribution is 7.88. The number of hydrogen-bond donors (Lipinski definition) is 5. The van der Waals surface area contributed by atoms with Gasteiger partial charge >= 0.3 is 0 Å². The number of nitrogens with one attached hydrogen (secondary N) is 2. The van der Waals surface area contributed by atoms with Gasteiger partial charge in [0.15, 0.2) is 0 Å². The van der Waals surface area contributed by atoms with Crippen LogP contribution in [0.5, 0.6) is 0 Å². The van der Waals surface area contributed by atoms with Crippen LogP contribution >= 0.6 is 0 Å². The molecule has 1 aromatic carbocycles. The summed E-state index contributed by atoms with van der Waals surface area (Å²) in [6.45, 7) is -0.485. The monoisotopic (exact) mass is 432 g/mol. The van der Waals surface area contributed by atoms with E-state index in [1.165, 1.54) is 28.2 Å². The highest BCUT2D eigenvalue weighted by Gasteiger charge is 2.25. The van der Waals surface area contributed by atoms with Crippen LogP contribution in [0.25, 0.3) is 0 Å². The summed E-state index contributed by atoms with van der Waals surface area (Å²) >= 11 is 0. The molecule has 0 saturated heterocycles. The van der Waals surface area contributed by atoms with E-state index < -0.39 is 40.3 Å². The summed E-state index contributed by atoms with van der Waals surface area (Å²) in [6.07, 6.45) is -0.383. The standard InChI is InChI=1S/C15H22N4O5S.2CH5N/c1-17-15(22)12(8-13(16)20)18-14(21)9-19(2)25(23,24)10-11-6-4-3-5-7-11;2*1-2/h3-7,12H,8-10H2,1-2H3,(H2,16,20)(H,17,22)(H,18,21);2*2H2,1H3/t12-;;/m0../s1. The second-order valence-corrected chi connectivity index (χ2v) is 7.48. The molecular weight excluding hydrogens is 400 g/mol. The smallest absolute Gasteiger partial charge is 0.242 e. The number of primary amides is 1. The van der Waals surface area contributed by atoms with Crippen molar-refractivity contribution >= 4 is 27.7 Å². The van der Waals surface area contributed by atoms with E-state index in [9.17, 15) is 22.8 Å². The third-order valence-electron chi connectivity index (χ3n) is 3.34. The first-order valence-electron chi connectivity index (χ1n) is 8.58. The molecule has 1 rings (SSSR count). The topological polar surface area (TPSA) is 191 Å². The van der Waals surface area contributed by atoms with Crippen LogP contribution in [0.3, 0.4) is 0 Å². The summed E-state index contributed by atoms with van der Waals surface area (Å²) in [5, 5.41) is 4.61. The normalized spacial score (nSPS) is 11.1. The Morgan fingerprint density at radius 2 is 1.59 bits per heavy atom. The van der Waals surface area contributed by atoms with Crippen molar-refractivity contribution < 1.29 is 22.8 Å². The molecule has 0 bridgehead atoms. The van der Waals surface area contributed by atoms with Crippen molar-refractivity contribution in [1.29, 1.82) is 0 Å². The molecule has 0 heterocycles. The summed E-state index contributed by atoms with van der Waals surface area (Å²) in [6, 6.07) is 7.38. The lowest BCUT2D eigenvalue weighted by Crippen LogP contribution is -2.50. The number of likely N-dealkylation sites (N-methyl/N-ethyl adjacent to an activating group) is 2. The van der Waals surface area contributed by atoms with Gasteiger partial charge in [-0.2, -0.15) is 4.31 Å². The maximum atomic E-state index is 12.3. The molecule has 1 aromatic rings. The fourth-order valence-corrected chi connectivity index (χ4v) is 3.17. The number of nitrogens with two attached hydrogens (primary N) is 3. The molecule has 0 spiro atoms. The lowest BCUT2D eigenvalue weighted by atomic mass is 10.2. The van der Waals surface area contributed by atoms with Crippen molar-refractivity contribution in [2.75, 3.05) is 34.7 Å². The van der Waals surface area contributed by atoms with E-state index in [1.807, 2.05) is 0 Å². The van der Waals surface area contributed by atoms with E-state index in [0.29, 0.717) is 5.56 Å². The van der Waals surface area contributed by atoms with Crippen LogP contribution in [0.2, 0.25) is 0 Å². The first-order valence-corrected chi connectivity index (χ1v) is 10.2. The Hall–Kier alpha value is -2.54. The minimum atomic E-state index is -3.71. The molecule has 3 amide bonds. The Kier molecular flexibility index (Phi) is 15.2. The van der Waals surface area contributed by atoms with Gasteiger partial charge in [-0.3, -0.25) is 14.4 Å². The molecular formula is C17H32N6O5S. The molecule has 0 aliphatic rings. The fraction of sp³-hybridized carbons (Fsp3) is 0.471. The van der Waals surface area contributed by atoms with Crippen LogP contribution in [-0.2, 0) is 30.2 Å². The van der Waals surface area contributed by atoms with Gasteiger partial charge in [-0.1, -0.05) is 30.3 Å². The average Bonchev–Trinajstić information content (AvgIpc) is 2.70. The summed E-state index contributed by atoms with van der Waals surface area (Å²) in [4.78, 5) is 34.6. The maximum absolute atomic E-state index is 12.3. The number of carbonyl (C=O) groups is 3. The van der Waals surface area contributed by atoms with Crippen LogP contribution in [0.15, 0.2) is 30.3 Å². The summed E-state index contributed by atoms with van der Waals surface area (Å²) in [5.74, 6) is -2.33. The predicted molar refractivity (Wildman–Crippen MR) is 112 cm³/mol. The SMILES string of the molecule is CN.CN.CNC(=O)[C@H](CC(N)=O)NC(=O)CN(C)S(=O)(=O)Cc1ccccc1. The van der Waals surface area contributed by atoms with E-state index in [0.717, 1.165) is 4.31 Å². The maximum Gasteiger partial charge on any atom is 0.242 e. The summed E-state index contributed by atoms with van der Waals surface area (Å²) in [7, 11) is 1.90. The molecule has 0 saturated carbocycles. The van der Waals surface area contributed by atoms with Gasteiger partial charge in [-0.25, -0.2) is 8.42 Å². The van der Waals surface area contributed by atoms with Crippen molar-refractivity contribution in [3.8, 4) is 0 Å². The number of amides is 3. The Balaban J connectivity index is 0. The molecule has 0 aromatic heterocycles. The van der Waals surface area contributed by atoms with Gasteiger partial charge in [0.1, 0.15) is 6.04 Å². The summed E-state index contributed by atoms with van der Waals surface area (Å²) < 4.78 is 25.5. The minimum Gasteiger partial charge on any atom is -0.370 e. The fourth-order valence-electron chi connectivity index (χ4n) is 2.02. The molecule has 11 nitrogen and oxygen atoms in total. The molecule has 0 fully saturated rings. The lowest BCUT2D eigenvalue weighted by Gasteiger charge is -2.20. The van der Waals surface area contributed by atoms with E-state index >= 15 is 0 Å². The van der Waals surface area contributed by atoms with E-state index in [4.69, 9.17) is 5.73 Å². The van der Waals surface area contributed by atoms with E-state index in [1.54, 1.807) is 30.3 Å². The van der Waals surface area contributed by atoms with Gasteiger partial charge in [-0.15, -0.1) is 0 Å². The molecule has 0 aliphatic carbocycles. The van der Waals surface area contributed by atoms with Gasteiger partial charge in [-0.05, 0) is 19.7 Å². The van der Waals surface area contributed by atoms with Gasteiger partial charge in [0.25, 0.3) is 0 Å². The minimum absolute atomic E-state index is 0.252. The molecule has 0 radical (unpaired) electrons. The van der Waals surface area contributed by atoms with Gasteiger partial charge in [0.2, 0.25) is 27.7 Å². The second-order valence-electron chi connectivity index (χ2n) is 5.40. The van der Waals surface area contributed by atoms with Crippen molar-refractivity contribution in [2.45, 2.75) is 18.2 Å². The second kappa shape index (κ2) is 15.4. The van der Waals surface area contributed by atoms with E-state index in [2.05, 4.69) is 22.1 Å². The first-order chi connectivity index (χ1) is 13.7. The zero-order valence-electron chi connectivity index (χ0n) is 17.2. The number of carbonyl (C=O) groups excluding carboxylic acids is 3. The quantitative estimate of drug-likeness (QED) is 0.290. The molecule has 8 N–H and O–H groups in total. The number of hydrogen-bond acceptors (Lipinski definition) is 7. The third-order valence-corrected chi connectivity index (χ3v) is 5.11.